The maximum atomic E-state index is 13.5. The van der Waals surface area contributed by atoms with Gasteiger partial charge >= 0.3 is 5.97 Å². The van der Waals surface area contributed by atoms with Crippen LogP contribution in [0.25, 0.3) is 22.3 Å². The van der Waals surface area contributed by atoms with Crippen LogP contribution >= 0.6 is 0 Å². The molecule has 0 unspecified atom stereocenters. The summed E-state index contributed by atoms with van der Waals surface area (Å²) in [6.45, 7) is 2.38. The number of nitrogens with one attached hydrogen (secondary N) is 1. The normalized spacial score (nSPS) is 17.9. The third-order valence-electron chi connectivity index (χ3n) is 6.79. The molecule has 11 nitrogen and oxygen atoms in total. The number of benzene rings is 1. The number of hydrogen-bond acceptors (Lipinski definition) is 9. The van der Waals surface area contributed by atoms with Crippen LogP contribution in [0.2, 0.25) is 0 Å². The summed E-state index contributed by atoms with van der Waals surface area (Å²) in [7, 11) is 0. The number of pyridine rings is 2. The van der Waals surface area contributed by atoms with E-state index in [1.807, 2.05) is 24.3 Å². The van der Waals surface area contributed by atoms with E-state index >= 15 is 0 Å². The number of aromatic nitrogens is 2. The molecule has 2 aromatic heterocycles. The highest BCUT2D eigenvalue weighted by molar-refractivity contribution is 6.02. The third-order valence-corrected chi connectivity index (χ3v) is 6.79. The van der Waals surface area contributed by atoms with Crippen LogP contribution < -0.4 is 16.6 Å². The minimum absolute atomic E-state index is 0.0643. The first-order valence-electron chi connectivity index (χ1n) is 12.1. The maximum absolute atomic E-state index is 13.5. The van der Waals surface area contributed by atoms with Gasteiger partial charge in [0.05, 0.1) is 35.2 Å². The fraction of sp³-hybridized carbons (Fsp3) is 0.346. The van der Waals surface area contributed by atoms with E-state index in [-0.39, 0.29) is 48.8 Å². The van der Waals surface area contributed by atoms with Crippen molar-refractivity contribution in [1.82, 2.24) is 14.9 Å². The Labute approximate surface area is 211 Å². The van der Waals surface area contributed by atoms with Crippen LogP contribution in [0.1, 0.15) is 42.0 Å². The molecule has 5 rings (SSSR count). The molecular weight excluding hydrogens is 478 g/mol. The Morgan fingerprint density at radius 3 is 2.95 bits per heavy atom. The SMILES string of the molecule is CC[C@@]1(O)C(=O)OCc2c1cc1n(c2=O)Cc2c-1nc1ccccc1c2/C=N\OCC(=O)NCCCN. The fourth-order valence-corrected chi connectivity index (χ4v) is 4.77. The van der Waals surface area contributed by atoms with E-state index in [1.165, 1.54) is 6.21 Å². The molecule has 0 saturated heterocycles. The minimum Gasteiger partial charge on any atom is -0.458 e. The summed E-state index contributed by atoms with van der Waals surface area (Å²) in [6, 6.07) is 9.12. The zero-order chi connectivity index (χ0) is 26.2. The molecule has 37 heavy (non-hydrogen) atoms. The Hall–Kier alpha value is -4.09. The van der Waals surface area contributed by atoms with Crippen molar-refractivity contribution in [3.05, 3.63) is 62.9 Å². The number of carbonyl (C=O) groups is 2. The van der Waals surface area contributed by atoms with Gasteiger partial charge in [-0.15, -0.1) is 0 Å². The highest BCUT2D eigenvalue weighted by Crippen LogP contribution is 2.39. The van der Waals surface area contributed by atoms with Gasteiger partial charge in [0.2, 0.25) is 0 Å². The first-order chi connectivity index (χ1) is 17.9. The van der Waals surface area contributed by atoms with Crippen molar-refractivity contribution >= 4 is 29.0 Å². The summed E-state index contributed by atoms with van der Waals surface area (Å²) in [5.74, 6) is -1.08. The van der Waals surface area contributed by atoms with E-state index in [4.69, 9.17) is 20.3 Å². The lowest BCUT2D eigenvalue weighted by Crippen LogP contribution is -2.44. The molecule has 1 atom stereocenters. The number of esters is 1. The van der Waals surface area contributed by atoms with Crippen molar-refractivity contribution in [2.24, 2.45) is 10.9 Å². The van der Waals surface area contributed by atoms with Crippen molar-refractivity contribution in [3.8, 4) is 11.4 Å². The standard InChI is InChI=1S/C26H27N5O6/c1-2-26(35)19-10-21-23-17(12-31(21)24(33)18(19)13-36-25(26)34)16(15-6-3-4-7-20(15)30-23)11-29-37-14-22(32)28-9-5-8-27/h3-4,6-7,10-11,35H,2,5,8-9,12-14,27H2,1H3,(H,28,32)/b29-11-/t26-/m0/s1. The lowest BCUT2D eigenvalue weighted by atomic mass is 9.86. The molecule has 1 aromatic carbocycles. The number of ether oxygens (including phenoxy) is 1. The molecule has 2 aliphatic heterocycles. The van der Waals surface area contributed by atoms with Gasteiger partial charge in [-0.1, -0.05) is 30.3 Å². The largest absolute Gasteiger partial charge is 0.458 e. The van der Waals surface area contributed by atoms with E-state index in [0.717, 1.165) is 10.9 Å². The molecule has 0 radical (unpaired) electrons. The summed E-state index contributed by atoms with van der Waals surface area (Å²) in [4.78, 5) is 47.8. The van der Waals surface area contributed by atoms with Crippen LogP contribution in [0.15, 0.2) is 40.3 Å². The Morgan fingerprint density at radius 1 is 1.35 bits per heavy atom. The summed E-state index contributed by atoms with van der Waals surface area (Å²) in [5, 5.41) is 18.6. The molecule has 0 saturated carbocycles. The number of oxime groups is 1. The average Bonchev–Trinajstić information content (AvgIpc) is 3.27. The molecule has 0 fully saturated rings. The Kier molecular flexibility index (Phi) is 6.48. The molecule has 2 aliphatic rings. The number of para-hydroxylation sites is 1. The Bertz CT molecular complexity index is 1500. The quantitative estimate of drug-likeness (QED) is 0.138. The van der Waals surface area contributed by atoms with E-state index in [1.54, 1.807) is 17.6 Å². The van der Waals surface area contributed by atoms with Gasteiger partial charge in [0.15, 0.2) is 12.2 Å². The van der Waals surface area contributed by atoms with Crippen LogP contribution in [0, 0.1) is 0 Å². The monoisotopic (exact) mass is 505 g/mol. The van der Waals surface area contributed by atoms with Gasteiger partial charge in [0.25, 0.3) is 11.5 Å². The molecule has 11 heteroatoms. The first-order valence-corrected chi connectivity index (χ1v) is 12.1. The number of nitrogens with two attached hydrogens (primary N) is 1. The molecule has 4 heterocycles. The summed E-state index contributed by atoms with van der Waals surface area (Å²) in [5.41, 5.74) is 6.86. The predicted molar refractivity (Wildman–Crippen MR) is 135 cm³/mol. The Morgan fingerprint density at radius 2 is 2.16 bits per heavy atom. The molecular formula is C26H27N5O6. The van der Waals surface area contributed by atoms with Gasteiger partial charge in [-0.25, -0.2) is 9.78 Å². The van der Waals surface area contributed by atoms with Gasteiger partial charge in [-0.05, 0) is 31.5 Å². The number of cyclic esters (lactones) is 1. The second-order valence-corrected chi connectivity index (χ2v) is 8.97. The highest BCUT2D eigenvalue weighted by atomic mass is 16.6. The van der Waals surface area contributed by atoms with Gasteiger partial charge in [0.1, 0.15) is 6.61 Å². The van der Waals surface area contributed by atoms with E-state index in [2.05, 4.69) is 10.5 Å². The van der Waals surface area contributed by atoms with Gasteiger partial charge in [0, 0.05) is 28.6 Å². The lowest BCUT2D eigenvalue weighted by Gasteiger charge is -2.31. The first kappa shape index (κ1) is 24.6. The van der Waals surface area contributed by atoms with Crippen LogP contribution in [0.5, 0.6) is 0 Å². The molecule has 0 aliphatic carbocycles. The van der Waals surface area contributed by atoms with Crippen molar-refractivity contribution in [3.63, 3.8) is 0 Å². The number of rotatable bonds is 8. The number of carbonyl (C=O) groups excluding carboxylic acids is 2. The molecule has 192 valence electrons. The van der Waals surface area contributed by atoms with Gasteiger partial charge in [-0.2, -0.15) is 0 Å². The lowest BCUT2D eigenvalue weighted by molar-refractivity contribution is -0.172. The van der Waals surface area contributed by atoms with Gasteiger partial charge < -0.3 is 30.3 Å². The van der Waals surface area contributed by atoms with E-state index in [9.17, 15) is 19.5 Å². The number of nitrogens with zero attached hydrogens (tertiary/aromatic N) is 3. The number of hydrogen-bond donors (Lipinski definition) is 3. The zero-order valence-electron chi connectivity index (χ0n) is 20.3. The zero-order valence-corrected chi connectivity index (χ0v) is 20.3. The Balaban J connectivity index is 1.55. The molecule has 3 aromatic rings. The van der Waals surface area contributed by atoms with Crippen molar-refractivity contribution in [2.45, 2.75) is 38.5 Å². The van der Waals surface area contributed by atoms with Crippen LogP contribution in [-0.4, -0.2) is 52.4 Å². The van der Waals surface area contributed by atoms with Crippen LogP contribution in [-0.2, 0) is 37.9 Å². The number of fused-ring (bicyclic) bond motifs is 5. The predicted octanol–water partition coefficient (Wildman–Crippen LogP) is 0.895. The van der Waals surface area contributed by atoms with Gasteiger partial charge in [-0.3, -0.25) is 9.59 Å². The van der Waals surface area contributed by atoms with Crippen molar-refractivity contribution in [2.75, 3.05) is 19.7 Å². The molecule has 0 spiro atoms. The molecule has 4 N–H and O–H groups in total. The highest BCUT2D eigenvalue weighted by Gasteiger charge is 2.45. The number of aliphatic hydroxyl groups is 1. The smallest absolute Gasteiger partial charge is 0.343 e. The topological polar surface area (TPSA) is 158 Å². The summed E-state index contributed by atoms with van der Waals surface area (Å²) in [6.07, 6.45) is 2.25. The van der Waals surface area contributed by atoms with E-state index < -0.39 is 11.6 Å². The molecule has 1 amide bonds. The van der Waals surface area contributed by atoms with Crippen molar-refractivity contribution < 1.29 is 24.3 Å². The van der Waals surface area contributed by atoms with Crippen LogP contribution in [0.3, 0.4) is 0 Å². The maximum Gasteiger partial charge on any atom is 0.343 e. The summed E-state index contributed by atoms with van der Waals surface area (Å²) < 4.78 is 6.70. The summed E-state index contributed by atoms with van der Waals surface area (Å²) >= 11 is 0. The average molecular weight is 506 g/mol. The van der Waals surface area contributed by atoms with Crippen molar-refractivity contribution in [1.29, 1.82) is 0 Å². The van der Waals surface area contributed by atoms with Crippen LogP contribution in [0.4, 0.5) is 0 Å². The minimum atomic E-state index is -1.90. The molecule has 0 bridgehead atoms. The van der Waals surface area contributed by atoms with E-state index in [0.29, 0.717) is 42.0 Å². The fourth-order valence-electron chi connectivity index (χ4n) is 4.77. The third kappa shape index (κ3) is 4.15. The second kappa shape index (κ2) is 9.75. The second-order valence-electron chi connectivity index (χ2n) is 8.97. The number of amides is 1.